The van der Waals surface area contributed by atoms with E-state index in [1.165, 1.54) is 18.2 Å². The van der Waals surface area contributed by atoms with Gasteiger partial charge in [-0.15, -0.1) is 0 Å². The van der Waals surface area contributed by atoms with E-state index in [1.54, 1.807) is 19.1 Å². The predicted molar refractivity (Wildman–Crippen MR) is 94.2 cm³/mol. The van der Waals surface area contributed by atoms with Crippen molar-refractivity contribution in [3.8, 4) is 0 Å². The van der Waals surface area contributed by atoms with Gasteiger partial charge in [-0.2, -0.15) is 0 Å². The maximum Gasteiger partial charge on any atom is 0.191 e. The Balaban J connectivity index is 1.77. The summed E-state index contributed by atoms with van der Waals surface area (Å²) in [6.45, 7) is 3.38. The van der Waals surface area contributed by atoms with Crippen LogP contribution in [-0.2, 0) is 9.47 Å². The van der Waals surface area contributed by atoms with E-state index in [-0.39, 0.29) is 11.7 Å². The summed E-state index contributed by atoms with van der Waals surface area (Å²) in [7, 11) is 3.32. The fourth-order valence-electron chi connectivity index (χ4n) is 2.75. The molecule has 0 aliphatic carbocycles. The minimum atomic E-state index is -0.531. The molecule has 2 rings (SSSR count). The molecule has 0 bridgehead atoms. The number of hydrogen-bond acceptors (Lipinski definition) is 4. The van der Waals surface area contributed by atoms with Gasteiger partial charge >= 0.3 is 0 Å². The summed E-state index contributed by atoms with van der Waals surface area (Å²) in [5.41, 5.74) is 0.0429. The van der Waals surface area contributed by atoms with Gasteiger partial charge in [-0.05, 0) is 18.6 Å². The van der Waals surface area contributed by atoms with Gasteiger partial charge in [0.15, 0.2) is 5.96 Å². The number of methoxy groups -OCH3 is 1. The van der Waals surface area contributed by atoms with Crippen molar-refractivity contribution in [1.82, 2.24) is 10.6 Å². The monoisotopic (exact) mass is 356 g/mol. The number of nitrogens with one attached hydrogen (secondary N) is 2. The normalized spacial score (nSPS) is 17.8. The number of nitrogens with zero attached hydrogens (tertiary/aromatic N) is 2. The molecular formula is C17H26F2N4O2. The second-order valence-corrected chi connectivity index (χ2v) is 5.75. The van der Waals surface area contributed by atoms with Crippen LogP contribution >= 0.6 is 0 Å². The lowest BCUT2D eigenvalue weighted by atomic mass is 10.2. The molecule has 1 aliphatic heterocycles. The summed E-state index contributed by atoms with van der Waals surface area (Å²) in [4.78, 5) is 5.89. The largest absolute Gasteiger partial charge is 0.382 e. The van der Waals surface area contributed by atoms with Crippen LogP contribution in [0, 0.1) is 11.6 Å². The van der Waals surface area contributed by atoms with Crippen LogP contribution < -0.4 is 15.5 Å². The van der Waals surface area contributed by atoms with Crippen molar-refractivity contribution >= 4 is 11.6 Å². The van der Waals surface area contributed by atoms with E-state index in [1.807, 2.05) is 0 Å². The fourth-order valence-corrected chi connectivity index (χ4v) is 2.75. The van der Waals surface area contributed by atoms with Crippen LogP contribution in [-0.4, -0.2) is 65.6 Å². The molecule has 1 heterocycles. The number of ether oxygens (including phenoxy) is 2. The van der Waals surface area contributed by atoms with Crippen LogP contribution in [0.25, 0.3) is 0 Å². The number of hydrogen-bond donors (Lipinski definition) is 2. The number of para-hydroxylation sites is 1. The molecule has 1 saturated heterocycles. The van der Waals surface area contributed by atoms with E-state index in [9.17, 15) is 8.78 Å². The number of halogens is 2. The molecule has 0 saturated carbocycles. The lowest BCUT2D eigenvalue weighted by molar-refractivity contribution is 0.0733. The fraction of sp³-hybridized carbons (Fsp3) is 0.588. The maximum absolute atomic E-state index is 13.9. The molecule has 140 valence electrons. The molecule has 1 atom stereocenters. The summed E-state index contributed by atoms with van der Waals surface area (Å²) in [5, 5.41) is 6.44. The van der Waals surface area contributed by atoms with Crippen LogP contribution in [0.4, 0.5) is 14.5 Å². The van der Waals surface area contributed by atoms with Crippen LogP contribution in [0.2, 0.25) is 0 Å². The number of rotatable bonds is 8. The van der Waals surface area contributed by atoms with Gasteiger partial charge in [0.05, 0.1) is 19.8 Å². The smallest absolute Gasteiger partial charge is 0.191 e. The topological polar surface area (TPSA) is 58.1 Å². The third-order valence-corrected chi connectivity index (χ3v) is 3.98. The highest BCUT2D eigenvalue weighted by molar-refractivity contribution is 5.80. The van der Waals surface area contributed by atoms with Gasteiger partial charge in [-0.3, -0.25) is 4.99 Å². The highest BCUT2D eigenvalue weighted by Gasteiger charge is 2.27. The molecule has 2 N–H and O–H groups in total. The molecule has 0 amide bonds. The van der Waals surface area contributed by atoms with Crippen molar-refractivity contribution in [3.63, 3.8) is 0 Å². The second kappa shape index (κ2) is 10.1. The van der Waals surface area contributed by atoms with E-state index in [0.717, 1.165) is 6.42 Å². The molecule has 25 heavy (non-hydrogen) atoms. The van der Waals surface area contributed by atoms with Gasteiger partial charge in [-0.1, -0.05) is 6.07 Å². The number of aliphatic imine (C=N–C) groups is 1. The van der Waals surface area contributed by atoms with E-state index >= 15 is 0 Å². The minimum absolute atomic E-state index is 0.0429. The number of benzene rings is 1. The number of guanidine groups is 1. The number of anilines is 1. The molecule has 1 fully saturated rings. The Labute approximate surface area is 147 Å². The second-order valence-electron chi connectivity index (χ2n) is 5.75. The molecule has 0 radical (unpaired) electrons. The highest BCUT2D eigenvalue weighted by atomic mass is 19.1. The highest BCUT2D eigenvalue weighted by Crippen LogP contribution is 2.26. The van der Waals surface area contributed by atoms with Crippen LogP contribution in [0.5, 0.6) is 0 Å². The van der Waals surface area contributed by atoms with Crippen molar-refractivity contribution in [1.29, 1.82) is 0 Å². The van der Waals surface area contributed by atoms with Gasteiger partial charge < -0.3 is 25.0 Å². The first-order valence-corrected chi connectivity index (χ1v) is 8.38. The molecule has 1 aliphatic rings. The SMILES string of the molecule is CN=C(NCCOCCOC)NC1CCN(c2c(F)cccc2F)C1. The van der Waals surface area contributed by atoms with Gasteiger partial charge in [0.25, 0.3) is 0 Å². The van der Waals surface area contributed by atoms with Crippen molar-refractivity contribution in [2.75, 3.05) is 58.5 Å². The molecule has 1 aromatic carbocycles. The van der Waals surface area contributed by atoms with Crippen molar-refractivity contribution in [3.05, 3.63) is 29.8 Å². The first kappa shape index (κ1) is 19.4. The summed E-state index contributed by atoms with van der Waals surface area (Å²) >= 11 is 0. The summed E-state index contributed by atoms with van der Waals surface area (Å²) < 4.78 is 38.1. The van der Waals surface area contributed by atoms with E-state index in [4.69, 9.17) is 9.47 Å². The van der Waals surface area contributed by atoms with Crippen molar-refractivity contribution in [2.45, 2.75) is 12.5 Å². The van der Waals surface area contributed by atoms with Crippen LogP contribution in [0.3, 0.4) is 0 Å². The Morgan fingerprint density at radius 1 is 1.28 bits per heavy atom. The summed E-state index contributed by atoms with van der Waals surface area (Å²) in [6, 6.07) is 4.01. The molecule has 0 spiro atoms. The lowest BCUT2D eigenvalue weighted by Crippen LogP contribution is -2.45. The molecule has 1 unspecified atom stereocenters. The predicted octanol–water partition coefficient (Wildman–Crippen LogP) is 1.37. The maximum atomic E-state index is 13.9. The third kappa shape index (κ3) is 5.82. The quantitative estimate of drug-likeness (QED) is 0.419. The average Bonchev–Trinajstić information content (AvgIpc) is 3.05. The standard InChI is InChI=1S/C17H26F2N4O2/c1-20-17(21-7-9-25-11-10-24-2)22-13-6-8-23(12-13)16-14(18)4-3-5-15(16)19/h3-5,13H,6-12H2,1-2H3,(H2,20,21,22). The van der Waals surface area contributed by atoms with E-state index < -0.39 is 11.6 Å². The van der Waals surface area contributed by atoms with Crippen LogP contribution in [0.15, 0.2) is 23.2 Å². The summed E-state index contributed by atoms with van der Waals surface area (Å²) in [5.74, 6) is -0.413. The van der Waals surface area contributed by atoms with E-state index in [0.29, 0.717) is 45.4 Å². The zero-order valence-corrected chi connectivity index (χ0v) is 14.7. The third-order valence-electron chi connectivity index (χ3n) is 3.98. The molecule has 6 nitrogen and oxygen atoms in total. The van der Waals surface area contributed by atoms with Gasteiger partial charge in [-0.25, -0.2) is 8.78 Å². The average molecular weight is 356 g/mol. The van der Waals surface area contributed by atoms with E-state index in [2.05, 4.69) is 15.6 Å². The van der Waals surface area contributed by atoms with Gasteiger partial charge in [0, 0.05) is 39.8 Å². The molecular weight excluding hydrogens is 330 g/mol. The molecule has 8 heteroatoms. The Kier molecular flexibility index (Phi) is 7.87. The van der Waals surface area contributed by atoms with Gasteiger partial charge in [0.2, 0.25) is 0 Å². The Morgan fingerprint density at radius 2 is 2.04 bits per heavy atom. The Hall–Kier alpha value is -1.93. The lowest BCUT2D eigenvalue weighted by Gasteiger charge is -2.21. The zero-order valence-electron chi connectivity index (χ0n) is 14.7. The first-order valence-electron chi connectivity index (χ1n) is 8.38. The Bertz CT molecular complexity index is 551. The summed E-state index contributed by atoms with van der Waals surface area (Å²) in [6.07, 6.45) is 0.777. The van der Waals surface area contributed by atoms with Crippen molar-refractivity contribution in [2.24, 2.45) is 4.99 Å². The van der Waals surface area contributed by atoms with Gasteiger partial charge in [0.1, 0.15) is 17.3 Å². The minimum Gasteiger partial charge on any atom is -0.382 e. The Morgan fingerprint density at radius 3 is 2.72 bits per heavy atom. The van der Waals surface area contributed by atoms with Crippen molar-refractivity contribution < 1.29 is 18.3 Å². The molecule has 0 aromatic heterocycles. The zero-order chi connectivity index (χ0) is 18.1. The molecule has 1 aromatic rings. The first-order chi connectivity index (χ1) is 12.2. The van der Waals surface area contributed by atoms with Crippen LogP contribution in [0.1, 0.15) is 6.42 Å².